The van der Waals surface area contributed by atoms with Crippen LogP contribution in [0.15, 0.2) is 36.4 Å². The lowest BCUT2D eigenvalue weighted by molar-refractivity contribution is 0.480. The molecule has 2 aromatic carbocycles. The van der Waals surface area contributed by atoms with E-state index in [0.717, 1.165) is 11.3 Å². The van der Waals surface area contributed by atoms with Gasteiger partial charge in [0.2, 0.25) is 0 Å². The Bertz CT molecular complexity index is 593. The largest absolute Gasteiger partial charge is 0.455 e. The molecule has 0 spiro atoms. The normalized spacial score (nSPS) is 10.8. The fourth-order valence-corrected chi connectivity index (χ4v) is 1.98. The number of benzene rings is 2. The summed E-state index contributed by atoms with van der Waals surface area (Å²) in [7, 11) is 0. The van der Waals surface area contributed by atoms with Crippen LogP contribution in [0.25, 0.3) is 0 Å². The number of hydrogen-bond donors (Lipinski definition) is 1. The van der Waals surface area contributed by atoms with Crippen molar-refractivity contribution in [3.05, 3.63) is 52.5 Å². The van der Waals surface area contributed by atoms with E-state index in [4.69, 9.17) is 22.1 Å². The molecule has 0 saturated carbocycles. The van der Waals surface area contributed by atoms with Gasteiger partial charge < -0.3 is 10.5 Å². The maximum atomic E-state index is 6.00. The standard InChI is InChI=1S/C16H18ClNO/c1-10(2)12-8-7-11(3)15(9-12)19-14-6-4-5-13(17)16(14)18/h4-10H,18H2,1-3H3. The second kappa shape index (κ2) is 5.54. The summed E-state index contributed by atoms with van der Waals surface area (Å²) in [6.45, 7) is 6.32. The van der Waals surface area contributed by atoms with Gasteiger partial charge in [0, 0.05) is 0 Å². The zero-order valence-corrected chi connectivity index (χ0v) is 12.2. The summed E-state index contributed by atoms with van der Waals surface area (Å²) < 4.78 is 5.90. The first-order valence-corrected chi connectivity index (χ1v) is 6.69. The molecule has 2 aromatic rings. The highest BCUT2D eigenvalue weighted by Crippen LogP contribution is 2.34. The number of halogens is 1. The summed E-state index contributed by atoms with van der Waals surface area (Å²) in [5.41, 5.74) is 8.70. The van der Waals surface area contributed by atoms with Gasteiger partial charge in [-0.05, 0) is 42.2 Å². The summed E-state index contributed by atoms with van der Waals surface area (Å²) >= 11 is 6.00. The van der Waals surface area contributed by atoms with Crippen LogP contribution in [-0.4, -0.2) is 0 Å². The number of anilines is 1. The van der Waals surface area contributed by atoms with Gasteiger partial charge in [-0.3, -0.25) is 0 Å². The molecule has 0 atom stereocenters. The van der Waals surface area contributed by atoms with Crippen LogP contribution in [0.3, 0.4) is 0 Å². The van der Waals surface area contributed by atoms with Gasteiger partial charge in [-0.1, -0.05) is 43.6 Å². The van der Waals surface area contributed by atoms with Gasteiger partial charge in [0.05, 0.1) is 10.7 Å². The van der Waals surface area contributed by atoms with Gasteiger partial charge in [-0.25, -0.2) is 0 Å². The minimum atomic E-state index is 0.458. The Morgan fingerprint density at radius 1 is 1.11 bits per heavy atom. The number of aryl methyl sites for hydroxylation is 1. The molecule has 100 valence electrons. The van der Waals surface area contributed by atoms with E-state index in [1.54, 1.807) is 6.07 Å². The smallest absolute Gasteiger partial charge is 0.151 e. The van der Waals surface area contributed by atoms with Gasteiger partial charge in [0.15, 0.2) is 5.75 Å². The second-order valence-electron chi connectivity index (χ2n) is 4.93. The van der Waals surface area contributed by atoms with E-state index in [0.29, 0.717) is 22.4 Å². The van der Waals surface area contributed by atoms with E-state index < -0.39 is 0 Å². The third-order valence-corrected chi connectivity index (χ3v) is 3.44. The van der Waals surface area contributed by atoms with Crippen LogP contribution in [0.4, 0.5) is 5.69 Å². The summed E-state index contributed by atoms with van der Waals surface area (Å²) in [5, 5.41) is 0.509. The Balaban J connectivity index is 2.37. The highest BCUT2D eigenvalue weighted by molar-refractivity contribution is 6.33. The summed E-state index contributed by atoms with van der Waals surface area (Å²) in [4.78, 5) is 0. The SMILES string of the molecule is Cc1ccc(C(C)C)cc1Oc1cccc(Cl)c1N. The molecule has 0 unspecified atom stereocenters. The van der Waals surface area contributed by atoms with Gasteiger partial charge in [0.1, 0.15) is 5.75 Å². The first-order valence-electron chi connectivity index (χ1n) is 6.31. The quantitative estimate of drug-likeness (QED) is 0.787. The Morgan fingerprint density at radius 2 is 1.84 bits per heavy atom. The molecule has 0 aliphatic heterocycles. The molecule has 2 N–H and O–H groups in total. The molecule has 2 rings (SSSR count). The van der Waals surface area contributed by atoms with Crippen LogP contribution in [-0.2, 0) is 0 Å². The number of hydrogen-bond acceptors (Lipinski definition) is 2. The molecule has 19 heavy (non-hydrogen) atoms. The van der Waals surface area contributed by atoms with Crippen LogP contribution < -0.4 is 10.5 Å². The minimum Gasteiger partial charge on any atom is -0.455 e. The van der Waals surface area contributed by atoms with E-state index in [1.165, 1.54) is 5.56 Å². The van der Waals surface area contributed by atoms with Crippen molar-refractivity contribution in [1.82, 2.24) is 0 Å². The Hall–Kier alpha value is -1.67. The summed E-state index contributed by atoms with van der Waals surface area (Å²) in [6, 6.07) is 11.6. The van der Waals surface area contributed by atoms with E-state index in [2.05, 4.69) is 32.0 Å². The molecule has 0 saturated heterocycles. The molecule has 3 heteroatoms. The van der Waals surface area contributed by atoms with Gasteiger partial charge in [0.25, 0.3) is 0 Å². The van der Waals surface area contributed by atoms with Gasteiger partial charge in [-0.2, -0.15) is 0 Å². The molecule has 0 bridgehead atoms. The zero-order valence-electron chi connectivity index (χ0n) is 11.4. The van der Waals surface area contributed by atoms with Crippen molar-refractivity contribution in [3.63, 3.8) is 0 Å². The molecule has 0 aliphatic rings. The first-order chi connectivity index (χ1) is 8.99. The van der Waals surface area contributed by atoms with Gasteiger partial charge >= 0.3 is 0 Å². The topological polar surface area (TPSA) is 35.2 Å². The third-order valence-electron chi connectivity index (χ3n) is 3.11. The van der Waals surface area contributed by atoms with Gasteiger partial charge in [-0.15, -0.1) is 0 Å². The van der Waals surface area contributed by atoms with E-state index in [9.17, 15) is 0 Å². The average molecular weight is 276 g/mol. The summed E-state index contributed by atoms with van der Waals surface area (Å²) in [6.07, 6.45) is 0. The second-order valence-corrected chi connectivity index (χ2v) is 5.34. The van der Waals surface area contributed by atoms with Crippen LogP contribution >= 0.6 is 11.6 Å². The molecule has 0 radical (unpaired) electrons. The fourth-order valence-electron chi connectivity index (χ4n) is 1.81. The maximum absolute atomic E-state index is 6.00. The molecule has 0 heterocycles. The number of ether oxygens (including phenoxy) is 1. The van der Waals surface area contributed by atoms with E-state index >= 15 is 0 Å². The first kappa shape index (κ1) is 13.8. The van der Waals surface area contributed by atoms with Crippen molar-refractivity contribution in [2.75, 3.05) is 5.73 Å². The Labute approximate surface area is 119 Å². The van der Waals surface area contributed by atoms with Crippen molar-refractivity contribution in [2.24, 2.45) is 0 Å². The average Bonchev–Trinajstić information content (AvgIpc) is 2.37. The molecular formula is C16H18ClNO. The van der Waals surface area contributed by atoms with Crippen molar-refractivity contribution in [2.45, 2.75) is 26.7 Å². The number of nitrogen functional groups attached to an aromatic ring is 1. The number of rotatable bonds is 3. The van der Waals surface area contributed by atoms with Crippen molar-refractivity contribution in [1.29, 1.82) is 0 Å². The van der Waals surface area contributed by atoms with Crippen LogP contribution in [0.2, 0.25) is 5.02 Å². The van der Waals surface area contributed by atoms with E-state index in [-0.39, 0.29) is 0 Å². The molecule has 0 aromatic heterocycles. The Morgan fingerprint density at radius 3 is 2.53 bits per heavy atom. The van der Waals surface area contributed by atoms with Crippen LogP contribution in [0.1, 0.15) is 30.9 Å². The highest BCUT2D eigenvalue weighted by atomic mass is 35.5. The third kappa shape index (κ3) is 3.02. The summed E-state index contributed by atoms with van der Waals surface area (Å²) in [5.74, 6) is 1.87. The van der Waals surface area contributed by atoms with Crippen molar-refractivity contribution < 1.29 is 4.74 Å². The molecule has 2 nitrogen and oxygen atoms in total. The highest BCUT2D eigenvalue weighted by Gasteiger charge is 2.09. The predicted octanol–water partition coefficient (Wildman–Crippen LogP) is 5.15. The van der Waals surface area contributed by atoms with Crippen LogP contribution in [0.5, 0.6) is 11.5 Å². The molecular weight excluding hydrogens is 258 g/mol. The molecule has 0 aliphatic carbocycles. The lowest BCUT2D eigenvalue weighted by Crippen LogP contribution is -1.96. The lowest BCUT2D eigenvalue weighted by Gasteiger charge is -2.14. The maximum Gasteiger partial charge on any atom is 0.151 e. The van der Waals surface area contributed by atoms with Crippen LogP contribution in [0, 0.1) is 6.92 Å². The zero-order chi connectivity index (χ0) is 14.0. The Kier molecular flexibility index (Phi) is 4.01. The fraction of sp³-hybridized carbons (Fsp3) is 0.250. The van der Waals surface area contributed by atoms with E-state index in [1.807, 2.05) is 19.1 Å². The number of nitrogens with two attached hydrogens (primary N) is 1. The monoisotopic (exact) mass is 275 g/mol. The lowest BCUT2D eigenvalue weighted by atomic mass is 10.0. The number of para-hydroxylation sites is 1. The molecule has 0 amide bonds. The van der Waals surface area contributed by atoms with Crippen molar-refractivity contribution in [3.8, 4) is 11.5 Å². The molecule has 0 fully saturated rings. The minimum absolute atomic E-state index is 0.458. The predicted molar refractivity (Wildman–Crippen MR) is 81.2 cm³/mol. The van der Waals surface area contributed by atoms with Crippen molar-refractivity contribution >= 4 is 17.3 Å².